The van der Waals surface area contributed by atoms with Crippen LogP contribution in [0.1, 0.15) is 23.8 Å². The third-order valence-corrected chi connectivity index (χ3v) is 6.46. The largest absolute Gasteiger partial charge is 0.351 e. The molecule has 1 aliphatic heterocycles. The van der Waals surface area contributed by atoms with Crippen molar-refractivity contribution < 1.29 is 4.79 Å². The van der Waals surface area contributed by atoms with Crippen LogP contribution >= 0.6 is 27.3 Å². The van der Waals surface area contributed by atoms with Gasteiger partial charge in [0.05, 0.1) is 9.83 Å². The highest BCUT2D eigenvalue weighted by molar-refractivity contribution is 9.11. The average molecular weight is 436 g/mol. The van der Waals surface area contributed by atoms with Gasteiger partial charge in [-0.3, -0.25) is 14.6 Å². The van der Waals surface area contributed by atoms with Crippen LogP contribution in [0.25, 0.3) is 0 Å². The lowest BCUT2D eigenvalue weighted by Crippen LogP contribution is -2.54. The molecule has 26 heavy (non-hydrogen) atoms. The predicted molar refractivity (Wildman–Crippen MR) is 111 cm³/mol. The summed E-state index contributed by atoms with van der Waals surface area (Å²) in [7, 11) is 0. The van der Waals surface area contributed by atoms with Crippen molar-refractivity contribution in [2.24, 2.45) is 0 Å². The van der Waals surface area contributed by atoms with Crippen LogP contribution in [0.15, 0.2) is 46.3 Å². The molecular formula is C20H26BrN3OS. The van der Waals surface area contributed by atoms with Gasteiger partial charge in [0.15, 0.2) is 0 Å². The standard InChI is InChI=1S/C20H26BrN3OS/c1-2-18(20(25)22-14-16-6-4-3-5-7-16)24-12-10-23(11-13-24)15-17-8-9-19(21)26-17/h3-9,18H,2,10-15H2,1H3,(H,22,25)/t18-/m0/s1. The Kier molecular flexibility index (Phi) is 7.25. The van der Waals surface area contributed by atoms with Crippen molar-refractivity contribution >= 4 is 33.2 Å². The molecule has 140 valence electrons. The summed E-state index contributed by atoms with van der Waals surface area (Å²) in [6.07, 6.45) is 0.846. The minimum Gasteiger partial charge on any atom is -0.351 e. The van der Waals surface area contributed by atoms with Crippen LogP contribution in [0.5, 0.6) is 0 Å². The molecular weight excluding hydrogens is 410 g/mol. The van der Waals surface area contributed by atoms with Gasteiger partial charge in [-0.25, -0.2) is 0 Å². The highest BCUT2D eigenvalue weighted by atomic mass is 79.9. The Balaban J connectivity index is 1.47. The highest BCUT2D eigenvalue weighted by Crippen LogP contribution is 2.24. The summed E-state index contributed by atoms with van der Waals surface area (Å²) in [5.41, 5.74) is 1.14. The van der Waals surface area contributed by atoms with E-state index in [1.54, 1.807) is 11.3 Å². The Morgan fingerprint density at radius 3 is 2.50 bits per heavy atom. The van der Waals surface area contributed by atoms with Crippen LogP contribution in [-0.4, -0.2) is 47.9 Å². The van der Waals surface area contributed by atoms with E-state index >= 15 is 0 Å². The topological polar surface area (TPSA) is 35.6 Å². The number of carbonyl (C=O) groups excluding carboxylic acids is 1. The first kappa shape index (κ1) is 19.5. The van der Waals surface area contributed by atoms with Crippen molar-refractivity contribution in [1.82, 2.24) is 15.1 Å². The number of amides is 1. The van der Waals surface area contributed by atoms with Gasteiger partial charge in [0.25, 0.3) is 0 Å². The Labute approximate surface area is 168 Å². The molecule has 1 fully saturated rings. The Hall–Kier alpha value is -1.21. The number of nitrogens with zero attached hydrogens (tertiary/aromatic N) is 2. The van der Waals surface area contributed by atoms with Crippen LogP contribution in [0, 0.1) is 0 Å². The number of rotatable bonds is 7. The maximum Gasteiger partial charge on any atom is 0.237 e. The number of nitrogens with one attached hydrogen (secondary N) is 1. The molecule has 0 saturated carbocycles. The molecule has 2 heterocycles. The van der Waals surface area contributed by atoms with E-state index in [0.717, 1.165) is 44.7 Å². The first-order valence-electron chi connectivity index (χ1n) is 9.18. The molecule has 0 bridgehead atoms. The van der Waals surface area contributed by atoms with Crippen LogP contribution in [0.3, 0.4) is 0 Å². The summed E-state index contributed by atoms with van der Waals surface area (Å²) in [4.78, 5) is 18.8. The fourth-order valence-corrected chi connectivity index (χ4v) is 4.93. The summed E-state index contributed by atoms with van der Waals surface area (Å²) >= 11 is 5.33. The van der Waals surface area contributed by atoms with Gasteiger partial charge in [0, 0.05) is 44.1 Å². The Bertz CT molecular complexity index is 698. The summed E-state index contributed by atoms with van der Waals surface area (Å²) in [5, 5.41) is 3.10. The molecule has 1 aromatic heterocycles. The maximum atomic E-state index is 12.7. The molecule has 3 rings (SSSR count). The molecule has 0 aliphatic carbocycles. The SMILES string of the molecule is CC[C@@H](C(=O)NCc1ccccc1)N1CCN(Cc2ccc(Br)s2)CC1. The lowest BCUT2D eigenvalue weighted by Gasteiger charge is -2.38. The van der Waals surface area contributed by atoms with Crippen molar-refractivity contribution in [3.05, 3.63) is 56.7 Å². The molecule has 1 atom stereocenters. The van der Waals surface area contributed by atoms with Crippen molar-refractivity contribution in [3.63, 3.8) is 0 Å². The fourth-order valence-electron chi connectivity index (χ4n) is 3.40. The van der Waals surface area contributed by atoms with Gasteiger partial charge in [-0.1, -0.05) is 37.3 Å². The van der Waals surface area contributed by atoms with Gasteiger partial charge in [0.1, 0.15) is 0 Å². The fraction of sp³-hybridized carbons (Fsp3) is 0.450. The van der Waals surface area contributed by atoms with E-state index < -0.39 is 0 Å². The van der Waals surface area contributed by atoms with E-state index in [1.165, 1.54) is 8.66 Å². The van der Waals surface area contributed by atoms with Crippen LogP contribution in [0.4, 0.5) is 0 Å². The number of piperazine rings is 1. The van der Waals surface area contributed by atoms with Crippen LogP contribution in [-0.2, 0) is 17.9 Å². The van der Waals surface area contributed by atoms with E-state index in [4.69, 9.17) is 0 Å². The minimum absolute atomic E-state index is 0.0308. The van der Waals surface area contributed by atoms with Gasteiger partial charge >= 0.3 is 0 Å². The van der Waals surface area contributed by atoms with Crippen LogP contribution in [0.2, 0.25) is 0 Å². The van der Waals surface area contributed by atoms with E-state index in [1.807, 2.05) is 30.3 Å². The Morgan fingerprint density at radius 2 is 1.88 bits per heavy atom. The van der Waals surface area contributed by atoms with E-state index in [2.05, 4.69) is 50.1 Å². The van der Waals surface area contributed by atoms with Gasteiger partial charge < -0.3 is 5.32 Å². The number of thiophene rings is 1. The quantitative estimate of drug-likeness (QED) is 0.719. The Morgan fingerprint density at radius 1 is 1.15 bits per heavy atom. The van der Waals surface area contributed by atoms with Gasteiger partial charge in [0.2, 0.25) is 5.91 Å². The van der Waals surface area contributed by atoms with E-state index in [0.29, 0.717) is 6.54 Å². The van der Waals surface area contributed by atoms with E-state index in [-0.39, 0.29) is 11.9 Å². The first-order valence-corrected chi connectivity index (χ1v) is 10.8. The lowest BCUT2D eigenvalue weighted by molar-refractivity contribution is -0.127. The molecule has 1 aromatic carbocycles. The second-order valence-electron chi connectivity index (χ2n) is 6.65. The first-order chi connectivity index (χ1) is 12.7. The minimum atomic E-state index is -0.0308. The number of benzene rings is 1. The summed E-state index contributed by atoms with van der Waals surface area (Å²) in [5.74, 6) is 0.145. The summed E-state index contributed by atoms with van der Waals surface area (Å²) in [6.45, 7) is 7.62. The zero-order valence-electron chi connectivity index (χ0n) is 15.2. The number of halogens is 1. The molecule has 1 N–H and O–H groups in total. The monoisotopic (exact) mass is 435 g/mol. The smallest absolute Gasteiger partial charge is 0.237 e. The van der Waals surface area contributed by atoms with Gasteiger partial charge in [-0.2, -0.15) is 0 Å². The third-order valence-electron chi connectivity index (χ3n) is 4.85. The maximum absolute atomic E-state index is 12.7. The van der Waals surface area contributed by atoms with Crippen molar-refractivity contribution in [2.75, 3.05) is 26.2 Å². The van der Waals surface area contributed by atoms with Crippen molar-refractivity contribution in [2.45, 2.75) is 32.5 Å². The number of hydrogen-bond donors (Lipinski definition) is 1. The molecule has 6 heteroatoms. The zero-order valence-corrected chi connectivity index (χ0v) is 17.6. The van der Waals surface area contributed by atoms with Crippen LogP contribution < -0.4 is 5.32 Å². The zero-order chi connectivity index (χ0) is 18.4. The average Bonchev–Trinajstić information content (AvgIpc) is 3.07. The number of hydrogen-bond acceptors (Lipinski definition) is 4. The highest BCUT2D eigenvalue weighted by Gasteiger charge is 2.27. The molecule has 0 unspecified atom stereocenters. The van der Waals surface area contributed by atoms with Crippen molar-refractivity contribution in [1.29, 1.82) is 0 Å². The molecule has 2 aromatic rings. The molecule has 0 radical (unpaired) electrons. The van der Waals surface area contributed by atoms with E-state index in [9.17, 15) is 4.79 Å². The second-order valence-corrected chi connectivity index (χ2v) is 9.19. The summed E-state index contributed by atoms with van der Waals surface area (Å²) in [6, 6.07) is 14.4. The normalized spacial score (nSPS) is 17.2. The van der Waals surface area contributed by atoms with Gasteiger partial charge in [-0.05, 0) is 40.0 Å². The predicted octanol–water partition coefficient (Wildman–Crippen LogP) is 3.72. The van der Waals surface area contributed by atoms with Gasteiger partial charge in [-0.15, -0.1) is 11.3 Å². The molecule has 0 spiro atoms. The third kappa shape index (κ3) is 5.39. The summed E-state index contributed by atoms with van der Waals surface area (Å²) < 4.78 is 1.19. The number of carbonyl (C=O) groups is 1. The molecule has 1 saturated heterocycles. The second kappa shape index (κ2) is 9.65. The molecule has 4 nitrogen and oxygen atoms in total. The van der Waals surface area contributed by atoms with Crippen molar-refractivity contribution in [3.8, 4) is 0 Å². The lowest BCUT2D eigenvalue weighted by atomic mass is 10.1. The molecule has 1 amide bonds. The molecule has 1 aliphatic rings.